The first-order chi connectivity index (χ1) is 9.24. The third-order valence-electron chi connectivity index (χ3n) is 2.77. The van der Waals surface area contributed by atoms with Crippen LogP contribution in [0.1, 0.15) is 31.0 Å². The zero-order valence-electron chi connectivity index (χ0n) is 11.5. The van der Waals surface area contributed by atoms with E-state index < -0.39 is 0 Å². The lowest BCUT2D eigenvalue weighted by atomic mass is 10.2. The SMILES string of the molecule is CCNc1nc(CC)nc(NCc2ccno2)c1C. The number of nitrogens with zero attached hydrogens (tertiary/aromatic N) is 3. The van der Waals surface area contributed by atoms with Gasteiger partial charge in [-0.1, -0.05) is 12.1 Å². The van der Waals surface area contributed by atoms with Crippen LogP contribution in [0.4, 0.5) is 11.6 Å². The van der Waals surface area contributed by atoms with Gasteiger partial charge in [-0.15, -0.1) is 0 Å². The van der Waals surface area contributed by atoms with Crippen LogP contribution in [0.5, 0.6) is 0 Å². The first-order valence-corrected chi connectivity index (χ1v) is 6.49. The molecule has 0 fully saturated rings. The molecular formula is C13H19N5O. The highest BCUT2D eigenvalue weighted by atomic mass is 16.5. The molecule has 6 heteroatoms. The highest BCUT2D eigenvalue weighted by molar-refractivity contribution is 5.57. The van der Waals surface area contributed by atoms with E-state index in [-0.39, 0.29) is 0 Å². The fourth-order valence-corrected chi connectivity index (χ4v) is 1.74. The Morgan fingerprint density at radius 2 is 1.89 bits per heavy atom. The van der Waals surface area contributed by atoms with Crippen LogP contribution in [-0.4, -0.2) is 21.7 Å². The number of anilines is 2. The lowest BCUT2D eigenvalue weighted by Gasteiger charge is -2.13. The molecule has 2 rings (SSSR count). The Hall–Kier alpha value is -2.11. The summed E-state index contributed by atoms with van der Waals surface area (Å²) in [6.07, 6.45) is 2.43. The Bertz CT molecular complexity index is 524. The van der Waals surface area contributed by atoms with Crippen LogP contribution in [-0.2, 0) is 13.0 Å². The van der Waals surface area contributed by atoms with Crippen LogP contribution in [0.3, 0.4) is 0 Å². The lowest BCUT2D eigenvalue weighted by molar-refractivity contribution is 0.388. The second-order valence-corrected chi connectivity index (χ2v) is 4.18. The summed E-state index contributed by atoms with van der Waals surface area (Å²) >= 11 is 0. The molecule has 0 aromatic carbocycles. The van der Waals surface area contributed by atoms with Gasteiger partial charge in [-0.2, -0.15) is 0 Å². The van der Waals surface area contributed by atoms with Crippen LogP contribution in [0.25, 0.3) is 0 Å². The Morgan fingerprint density at radius 3 is 2.47 bits per heavy atom. The molecule has 0 aliphatic rings. The highest BCUT2D eigenvalue weighted by Crippen LogP contribution is 2.20. The maximum Gasteiger partial charge on any atom is 0.155 e. The number of aromatic nitrogens is 3. The zero-order chi connectivity index (χ0) is 13.7. The molecule has 0 aliphatic heterocycles. The fourth-order valence-electron chi connectivity index (χ4n) is 1.74. The summed E-state index contributed by atoms with van der Waals surface area (Å²) in [6, 6.07) is 1.83. The van der Waals surface area contributed by atoms with Gasteiger partial charge >= 0.3 is 0 Å². The highest BCUT2D eigenvalue weighted by Gasteiger charge is 2.10. The predicted molar refractivity (Wildman–Crippen MR) is 74.1 cm³/mol. The summed E-state index contributed by atoms with van der Waals surface area (Å²) < 4.78 is 5.06. The van der Waals surface area contributed by atoms with Crippen molar-refractivity contribution in [3.05, 3.63) is 29.4 Å². The van der Waals surface area contributed by atoms with Crippen molar-refractivity contribution < 1.29 is 4.52 Å². The van der Waals surface area contributed by atoms with E-state index in [1.54, 1.807) is 6.20 Å². The Kier molecular flexibility index (Phi) is 4.33. The van der Waals surface area contributed by atoms with Gasteiger partial charge in [0.15, 0.2) is 5.76 Å². The van der Waals surface area contributed by atoms with Crippen LogP contribution < -0.4 is 10.6 Å². The first-order valence-electron chi connectivity index (χ1n) is 6.49. The van der Waals surface area contributed by atoms with E-state index in [1.165, 1.54) is 0 Å². The van der Waals surface area contributed by atoms with Gasteiger partial charge in [-0.05, 0) is 13.8 Å². The van der Waals surface area contributed by atoms with Crippen molar-refractivity contribution in [3.63, 3.8) is 0 Å². The minimum Gasteiger partial charge on any atom is -0.370 e. The van der Waals surface area contributed by atoms with Gasteiger partial charge in [0.25, 0.3) is 0 Å². The summed E-state index contributed by atoms with van der Waals surface area (Å²) in [6.45, 7) is 7.49. The third-order valence-corrected chi connectivity index (χ3v) is 2.77. The van der Waals surface area contributed by atoms with Gasteiger partial charge in [0.05, 0.1) is 12.7 Å². The summed E-state index contributed by atoms with van der Waals surface area (Å²) in [7, 11) is 0. The molecule has 102 valence electrons. The molecule has 2 aromatic heterocycles. The topological polar surface area (TPSA) is 75.9 Å². The van der Waals surface area contributed by atoms with E-state index in [9.17, 15) is 0 Å². The molecule has 0 aliphatic carbocycles. The zero-order valence-corrected chi connectivity index (χ0v) is 11.5. The molecular weight excluding hydrogens is 242 g/mol. The van der Waals surface area contributed by atoms with Crippen molar-refractivity contribution >= 4 is 11.6 Å². The maximum absolute atomic E-state index is 5.06. The molecule has 0 spiro atoms. The minimum atomic E-state index is 0.562. The molecule has 6 nitrogen and oxygen atoms in total. The maximum atomic E-state index is 5.06. The minimum absolute atomic E-state index is 0.562. The van der Waals surface area contributed by atoms with E-state index >= 15 is 0 Å². The number of hydrogen-bond acceptors (Lipinski definition) is 6. The molecule has 2 aromatic rings. The van der Waals surface area contributed by atoms with E-state index in [4.69, 9.17) is 4.52 Å². The molecule has 0 amide bonds. The van der Waals surface area contributed by atoms with Crippen molar-refractivity contribution in [3.8, 4) is 0 Å². The van der Waals surface area contributed by atoms with Crippen molar-refractivity contribution in [1.29, 1.82) is 0 Å². The molecule has 0 saturated carbocycles. The van der Waals surface area contributed by atoms with Gasteiger partial charge in [0.2, 0.25) is 0 Å². The smallest absolute Gasteiger partial charge is 0.155 e. The van der Waals surface area contributed by atoms with Gasteiger partial charge in [0, 0.05) is 24.6 Å². The van der Waals surface area contributed by atoms with Crippen LogP contribution >= 0.6 is 0 Å². The average molecular weight is 261 g/mol. The van der Waals surface area contributed by atoms with Gasteiger partial charge in [0.1, 0.15) is 17.5 Å². The second kappa shape index (κ2) is 6.17. The number of rotatable bonds is 6. The van der Waals surface area contributed by atoms with E-state index in [2.05, 4.69) is 32.7 Å². The molecule has 0 radical (unpaired) electrons. The monoisotopic (exact) mass is 261 g/mol. The molecule has 0 saturated heterocycles. The standard InChI is InChI=1S/C13H19N5O/c1-4-11-17-12(14-5-2)9(3)13(18-11)15-8-10-6-7-16-19-10/h6-7H,4-5,8H2,1-3H3,(H2,14,15,17,18). The largest absolute Gasteiger partial charge is 0.370 e. The summed E-state index contributed by atoms with van der Waals surface area (Å²) in [5.74, 6) is 3.32. The predicted octanol–water partition coefficient (Wildman–Crippen LogP) is 2.38. The third kappa shape index (κ3) is 3.21. The fraction of sp³-hybridized carbons (Fsp3) is 0.462. The van der Waals surface area contributed by atoms with Crippen LogP contribution in [0.15, 0.2) is 16.8 Å². The summed E-state index contributed by atoms with van der Waals surface area (Å²) in [4.78, 5) is 9.00. The number of hydrogen-bond donors (Lipinski definition) is 2. The van der Waals surface area contributed by atoms with Crippen molar-refractivity contribution in [1.82, 2.24) is 15.1 Å². The molecule has 0 atom stereocenters. The Morgan fingerprint density at radius 1 is 1.16 bits per heavy atom. The van der Waals surface area contributed by atoms with E-state index in [0.29, 0.717) is 6.54 Å². The Balaban J connectivity index is 2.20. The van der Waals surface area contributed by atoms with Crippen LogP contribution in [0, 0.1) is 6.92 Å². The van der Waals surface area contributed by atoms with Gasteiger partial charge in [-0.25, -0.2) is 9.97 Å². The quantitative estimate of drug-likeness (QED) is 0.831. The molecule has 2 heterocycles. The van der Waals surface area contributed by atoms with Gasteiger partial charge < -0.3 is 15.2 Å². The summed E-state index contributed by atoms with van der Waals surface area (Å²) in [5, 5.41) is 10.2. The normalized spacial score (nSPS) is 10.5. The second-order valence-electron chi connectivity index (χ2n) is 4.18. The van der Waals surface area contributed by atoms with Crippen molar-refractivity contribution in [2.24, 2.45) is 0 Å². The Labute approximate surface area is 112 Å². The molecule has 0 bridgehead atoms. The number of nitrogens with one attached hydrogen (secondary N) is 2. The van der Waals surface area contributed by atoms with Gasteiger partial charge in [-0.3, -0.25) is 0 Å². The number of aryl methyl sites for hydroxylation is 1. The van der Waals surface area contributed by atoms with E-state index in [0.717, 1.165) is 41.7 Å². The van der Waals surface area contributed by atoms with Crippen molar-refractivity contribution in [2.45, 2.75) is 33.7 Å². The first kappa shape index (κ1) is 13.3. The van der Waals surface area contributed by atoms with Crippen LogP contribution in [0.2, 0.25) is 0 Å². The molecule has 0 unspecified atom stereocenters. The van der Waals surface area contributed by atoms with E-state index in [1.807, 2.05) is 19.9 Å². The summed E-state index contributed by atoms with van der Waals surface area (Å²) in [5.41, 5.74) is 1.01. The van der Waals surface area contributed by atoms with Crippen molar-refractivity contribution in [2.75, 3.05) is 17.2 Å². The lowest BCUT2D eigenvalue weighted by Crippen LogP contribution is -2.10. The molecule has 2 N–H and O–H groups in total. The molecule has 19 heavy (non-hydrogen) atoms. The average Bonchev–Trinajstić information content (AvgIpc) is 2.93.